The van der Waals surface area contributed by atoms with Crippen LogP contribution in [0.3, 0.4) is 0 Å². The molecule has 6 heterocycles. The highest BCUT2D eigenvalue weighted by Gasteiger charge is 2.48. The third-order valence-corrected chi connectivity index (χ3v) is 10.5. The lowest BCUT2D eigenvalue weighted by Crippen LogP contribution is -2.43. The summed E-state index contributed by atoms with van der Waals surface area (Å²) in [6.07, 6.45) is -1.07. The van der Waals surface area contributed by atoms with Crippen LogP contribution in [-0.4, -0.2) is 85.6 Å². The number of nitrogens with two attached hydrogens (primary N) is 1. The molecular weight excluding hydrogens is 675 g/mol. The molecule has 4 aliphatic rings. The largest absolute Gasteiger partial charge is 0.443 e. The lowest BCUT2D eigenvalue weighted by atomic mass is 9.91. The van der Waals surface area contributed by atoms with Crippen molar-refractivity contribution < 1.29 is 40.8 Å². The van der Waals surface area contributed by atoms with Gasteiger partial charge in [-0.15, -0.1) is 0 Å². The maximum Gasteiger partial charge on any atom is 0.434 e. The molecule has 2 atom stereocenters. The first-order chi connectivity index (χ1) is 24.2. The minimum absolute atomic E-state index is 0.00470. The van der Waals surface area contributed by atoms with E-state index in [1.54, 1.807) is 18.8 Å². The molecule has 0 spiro atoms. The Morgan fingerprint density at radius 3 is 2.76 bits per heavy atom. The number of alkyl halides is 3. The summed E-state index contributed by atoms with van der Waals surface area (Å²) in [6, 6.07) is 0.970. The third-order valence-electron chi connectivity index (χ3n) is 10.5. The van der Waals surface area contributed by atoms with Gasteiger partial charge in [0.2, 0.25) is 0 Å². The van der Waals surface area contributed by atoms with Gasteiger partial charge in [-0.1, -0.05) is 0 Å². The fraction of sp³-hybridized carbons (Fsp3) is 0.514. The zero-order valence-corrected chi connectivity index (χ0v) is 28.9. The van der Waals surface area contributed by atoms with Gasteiger partial charge in [0.05, 0.1) is 59.0 Å². The van der Waals surface area contributed by atoms with Gasteiger partial charge in [0.1, 0.15) is 13.2 Å². The molecule has 0 saturated carbocycles. The fourth-order valence-corrected chi connectivity index (χ4v) is 8.00. The van der Waals surface area contributed by atoms with Gasteiger partial charge in [-0.2, -0.15) is 23.3 Å². The molecular formula is C35H40F5N8O3+. The normalized spacial score (nSPS) is 22.7. The summed E-state index contributed by atoms with van der Waals surface area (Å²) in [5, 5.41) is 4.60. The summed E-state index contributed by atoms with van der Waals surface area (Å²) in [6.45, 7) is 5.13. The first-order valence-corrected chi connectivity index (χ1v) is 16.9. The van der Waals surface area contributed by atoms with Crippen LogP contribution in [0.5, 0.6) is 6.01 Å². The summed E-state index contributed by atoms with van der Waals surface area (Å²) in [5.74, 6) is -0.989. The number of hydrogen-bond donors (Lipinski definition) is 1. The summed E-state index contributed by atoms with van der Waals surface area (Å²) >= 11 is 0. The SMILES string of the molecule is Cc1cc(N)c(F)c(C2Cc3nc(OC[C@@]45CCCN4C/C(=C\F)C5)nc([N+]4=CCCn5nc(C(=O)N(C)C)c(C)c5C4)c3CO2)c1C(F)(F)F. The van der Waals surface area contributed by atoms with Crippen LogP contribution in [0.1, 0.15) is 81.5 Å². The minimum atomic E-state index is -4.86. The Hall–Kier alpha value is -4.44. The van der Waals surface area contributed by atoms with Gasteiger partial charge in [0.25, 0.3) is 5.91 Å². The predicted molar refractivity (Wildman–Crippen MR) is 176 cm³/mol. The maximum atomic E-state index is 15.5. The number of carbonyl (C=O) groups is 1. The molecule has 51 heavy (non-hydrogen) atoms. The third kappa shape index (κ3) is 6.15. The van der Waals surface area contributed by atoms with E-state index in [1.807, 2.05) is 17.7 Å². The first kappa shape index (κ1) is 35.0. The van der Waals surface area contributed by atoms with Gasteiger partial charge in [0.15, 0.2) is 11.5 Å². The van der Waals surface area contributed by atoms with Crippen LogP contribution in [0.2, 0.25) is 0 Å². The number of anilines is 1. The Balaban J connectivity index is 1.29. The van der Waals surface area contributed by atoms with Crippen molar-refractivity contribution in [2.45, 2.75) is 83.5 Å². The molecule has 2 aromatic heterocycles. The average Bonchev–Trinajstić information content (AvgIpc) is 3.67. The van der Waals surface area contributed by atoms with Crippen molar-refractivity contribution >= 4 is 23.6 Å². The van der Waals surface area contributed by atoms with Crippen LogP contribution >= 0.6 is 0 Å². The summed E-state index contributed by atoms with van der Waals surface area (Å²) in [7, 11) is 3.32. The van der Waals surface area contributed by atoms with Crippen molar-refractivity contribution in [3.8, 4) is 6.01 Å². The number of fused-ring (bicyclic) bond motifs is 3. The Kier molecular flexibility index (Phi) is 8.89. The highest BCUT2D eigenvalue weighted by atomic mass is 19.4. The number of aromatic nitrogens is 4. The number of nitrogen functional groups attached to an aromatic ring is 1. The monoisotopic (exact) mass is 715 g/mol. The van der Waals surface area contributed by atoms with E-state index in [0.29, 0.717) is 60.6 Å². The Labute approximate surface area is 291 Å². The molecule has 11 nitrogen and oxygen atoms in total. The molecule has 1 unspecified atom stereocenters. The highest BCUT2D eigenvalue weighted by Crippen LogP contribution is 2.45. The van der Waals surface area contributed by atoms with E-state index in [1.165, 1.54) is 11.8 Å². The number of carbonyl (C=O) groups excluding carboxylic acids is 1. The van der Waals surface area contributed by atoms with E-state index in [4.69, 9.17) is 25.2 Å². The molecule has 7 rings (SSSR count). The molecule has 1 amide bonds. The van der Waals surface area contributed by atoms with Crippen LogP contribution < -0.4 is 10.5 Å². The van der Waals surface area contributed by atoms with Crippen molar-refractivity contribution in [2.75, 3.05) is 39.5 Å². The van der Waals surface area contributed by atoms with E-state index in [2.05, 4.69) is 10.00 Å². The van der Waals surface area contributed by atoms with Crippen molar-refractivity contribution in [2.24, 2.45) is 0 Å². The van der Waals surface area contributed by atoms with E-state index < -0.39 is 40.5 Å². The molecule has 16 heteroatoms. The topological polar surface area (TPSA) is 115 Å². The van der Waals surface area contributed by atoms with Crippen LogP contribution in [0.15, 0.2) is 18.0 Å². The highest BCUT2D eigenvalue weighted by molar-refractivity contribution is 5.93. The van der Waals surface area contributed by atoms with Gasteiger partial charge in [-0.05, 0) is 56.9 Å². The van der Waals surface area contributed by atoms with E-state index >= 15 is 4.39 Å². The second kappa shape index (κ2) is 13.0. The Morgan fingerprint density at radius 2 is 2.04 bits per heavy atom. The molecule has 0 bridgehead atoms. The molecule has 2 saturated heterocycles. The number of nitrogens with zero attached hydrogens (tertiary/aromatic N) is 7. The second-order valence-electron chi connectivity index (χ2n) is 14.1. The minimum Gasteiger partial charge on any atom is -0.443 e. The van der Waals surface area contributed by atoms with E-state index in [0.717, 1.165) is 36.7 Å². The van der Waals surface area contributed by atoms with Crippen molar-refractivity contribution in [1.82, 2.24) is 29.5 Å². The fourth-order valence-electron chi connectivity index (χ4n) is 8.00. The molecule has 2 N–H and O–H groups in total. The van der Waals surface area contributed by atoms with Crippen LogP contribution in [-0.2, 0) is 37.0 Å². The first-order valence-electron chi connectivity index (χ1n) is 16.9. The zero-order chi connectivity index (χ0) is 36.4. The van der Waals surface area contributed by atoms with Gasteiger partial charge >= 0.3 is 18.0 Å². The van der Waals surface area contributed by atoms with Crippen LogP contribution in [0.4, 0.5) is 33.5 Å². The number of hydrogen-bond acceptors (Lipinski definition) is 8. The zero-order valence-electron chi connectivity index (χ0n) is 28.9. The molecule has 1 aromatic carbocycles. The molecule has 4 aliphatic heterocycles. The summed E-state index contributed by atoms with van der Waals surface area (Å²) < 4.78 is 88.2. The number of amides is 1. The molecule has 3 aromatic rings. The Morgan fingerprint density at radius 1 is 1.25 bits per heavy atom. The number of aryl methyl sites for hydroxylation is 2. The lowest BCUT2D eigenvalue weighted by Gasteiger charge is -2.31. The van der Waals surface area contributed by atoms with Crippen molar-refractivity contribution in [1.29, 1.82) is 0 Å². The van der Waals surface area contributed by atoms with E-state index in [9.17, 15) is 22.4 Å². The molecule has 0 aliphatic carbocycles. The molecule has 0 radical (unpaired) electrons. The quantitative estimate of drug-likeness (QED) is 0.207. The molecule has 272 valence electrons. The number of rotatable bonds is 6. The van der Waals surface area contributed by atoms with Crippen molar-refractivity contribution in [3.63, 3.8) is 0 Å². The standard InChI is InChI=1S/C35H40F5N8O3/c1-19-11-23(41)29(37)27(28(19)35(38,39)40)26-12-24-22(17-50-26)31(43-33(42-24)51-18-34-7-5-9-47(34)15-21(13-34)14-36)46-8-6-10-48-25(16-46)20(2)30(44-48)32(49)45(3)4/h8,11,14,26H,5-7,9-10,12-13,15-18,41H2,1-4H3/q+1/b21-14-/t26?,34-/m0/s1. The van der Waals surface area contributed by atoms with Crippen LogP contribution in [0.25, 0.3) is 0 Å². The van der Waals surface area contributed by atoms with Gasteiger partial charge in [-0.25, -0.2) is 13.4 Å². The number of ether oxygens (including phenoxy) is 2. The summed E-state index contributed by atoms with van der Waals surface area (Å²) in [5.41, 5.74) is 6.39. The average molecular weight is 716 g/mol. The summed E-state index contributed by atoms with van der Waals surface area (Å²) in [4.78, 5) is 26.1. The Bertz CT molecular complexity index is 1970. The second-order valence-corrected chi connectivity index (χ2v) is 14.1. The maximum absolute atomic E-state index is 15.5. The van der Waals surface area contributed by atoms with Gasteiger partial charge < -0.3 is 20.1 Å². The van der Waals surface area contributed by atoms with E-state index in [-0.39, 0.29) is 43.7 Å². The van der Waals surface area contributed by atoms with Gasteiger partial charge in [-0.3, -0.25) is 14.4 Å². The predicted octanol–water partition coefficient (Wildman–Crippen LogP) is 5.34. The van der Waals surface area contributed by atoms with Crippen molar-refractivity contribution in [3.05, 3.63) is 68.7 Å². The molecule has 2 fully saturated rings. The number of halogens is 5. The lowest BCUT2D eigenvalue weighted by molar-refractivity contribution is -0.459. The number of benzene rings is 1. The van der Waals surface area contributed by atoms with Crippen LogP contribution in [0, 0.1) is 19.7 Å². The smallest absolute Gasteiger partial charge is 0.434 e. The van der Waals surface area contributed by atoms with Gasteiger partial charge in [0, 0.05) is 56.1 Å².